The van der Waals surface area contributed by atoms with Crippen LogP contribution in [0.2, 0.25) is 5.02 Å². The van der Waals surface area contributed by atoms with Gasteiger partial charge in [0.15, 0.2) is 0 Å². The standard InChI is InChI=1S/C13H12ClN3O2/c1-8(9-3-2-4-15-6-9)17-12-5-10(13(18)19)11(14)7-16-12/h2-8H,1H3,(H,16,17)(H,18,19). The van der Waals surface area contributed by atoms with Gasteiger partial charge in [-0.3, -0.25) is 4.98 Å². The molecule has 1 atom stereocenters. The number of halogens is 1. The summed E-state index contributed by atoms with van der Waals surface area (Å²) in [5.41, 5.74) is 1.01. The Hall–Kier alpha value is -2.14. The fourth-order valence-electron chi connectivity index (χ4n) is 1.62. The van der Waals surface area contributed by atoms with Gasteiger partial charge in [0.2, 0.25) is 0 Å². The predicted octanol–water partition coefficient (Wildman–Crippen LogP) is 3.00. The van der Waals surface area contributed by atoms with Crippen LogP contribution in [-0.2, 0) is 0 Å². The molecular weight excluding hydrogens is 266 g/mol. The van der Waals surface area contributed by atoms with Gasteiger partial charge in [-0.25, -0.2) is 9.78 Å². The van der Waals surface area contributed by atoms with Gasteiger partial charge in [0, 0.05) is 18.6 Å². The van der Waals surface area contributed by atoms with E-state index in [2.05, 4.69) is 15.3 Å². The van der Waals surface area contributed by atoms with Crippen LogP contribution < -0.4 is 5.32 Å². The first-order valence-electron chi connectivity index (χ1n) is 5.63. The molecule has 2 rings (SSSR count). The molecule has 0 aliphatic heterocycles. The molecule has 0 spiro atoms. The monoisotopic (exact) mass is 277 g/mol. The summed E-state index contributed by atoms with van der Waals surface area (Å²) >= 11 is 5.76. The normalized spacial score (nSPS) is 11.9. The van der Waals surface area contributed by atoms with E-state index in [1.54, 1.807) is 12.4 Å². The Labute approximate surface area is 115 Å². The number of hydrogen-bond acceptors (Lipinski definition) is 4. The molecule has 2 heterocycles. The fraction of sp³-hybridized carbons (Fsp3) is 0.154. The molecule has 0 aromatic carbocycles. The Balaban J connectivity index is 2.20. The third kappa shape index (κ3) is 3.20. The zero-order valence-corrected chi connectivity index (χ0v) is 10.9. The summed E-state index contributed by atoms with van der Waals surface area (Å²) in [6.07, 6.45) is 4.76. The van der Waals surface area contributed by atoms with Gasteiger partial charge in [0.25, 0.3) is 0 Å². The lowest BCUT2D eigenvalue weighted by atomic mass is 10.1. The minimum Gasteiger partial charge on any atom is -0.478 e. The van der Waals surface area contributed by atoms with Gasteiger partial charge in [-0.05, 0) is 24.6 Å². The molecule has 0 amide bonds. The second-order valence-corrected chi connectivity index (χ2v) is 4.41. The fourth-order valence-corrected chi connectivity index (χ4v) is 1.80. The van der Waals surface area contributed by atoms with Crippen molar-refractivity contribution in [2.45, 2.75) is 13.0 Å². The smallest absolute Gasteiger partial charge is 0.337 e. The number of pyridine rings is 2. The van der Waals surface area contributed by atoms with Gasteiger partial charge in [-0.1, -0.05) is 17.7 Å². The van der Waals surface area contributed by atoms with E-state index >= 15 is 0 Å². The molecule has 0 bridgehead atoms. The first-order valence-corrected chi connectivity index (χ1v) is 6.01. The zero-order chi connectivity index (χ0) is 13.8. The van der Waals surface area contributed by atoms with Crippen molar-refractivity contribution in [2.24, 2.45) is 0 Å². The van der Waals surface area contributed by atoms with E-state index in [0.29, 0.717) is 5.82 Å². The number of carboxylic acids is 1. The summed E-state index contributed by atoms with van der Waals surface area (Å²) in [5.74, 6) is -0.623. The molecule has 5 nitrogen and oxygen atoms in total. The van der Waals surface area contributed by atoms with Gasteiger partial charge in [-0.2, -0.15) is 0 Å². The molecule has 0 aliphatic rings. The number of hydrogen-bond donors (Lipinski definition) is 2. The van der Waals surface area contributed by atoms with E-state index < -0.39 is 5.97 Å². The molecule has 2 aromatic rings. The van der Waals surface area contributed by atoms with Crippen LogP contribution >= 0.6 is 11.6 Å². The van der Waals surface area contributed by atoms with Crippen molar-refractivity contribution in [1.29, 1.82) is 0 Å². The molecule has 2 N–H and O–H groups in total. The Morgan fingerprint density at radius 2 is 2.26 bits per heavy atom. The van der Waals surface area contributed by atoms with Crippen LogP contribution in [-0.4, -0.2) is 21.0 Å². The molecule has 2 aromatic heterocycles. The van der Waals surface area contributed by atoms with Crippen molar-refractivity contribution in [3.63, 3.8) is 0 Å². The molecule has 98 valence electrons. The van der Waals surface area contributed by atoms with Crippen LogP contribution in [0.4, 0.5) is 5.82 Å². The summed E-state index contributed by atoms with van der Waals surface area (Å²) in [6.45, 7) is 1.94. The van der Waals surface area contributed by atoms with E-state index in [0.717, 1.165) is 5.56 Å². The van der Waals surface area contributed by atoms with Crippen LogP contribution in [0.15, 0.2) is 36.8 Å². The number of carbonyl (C=O) groups is 1. The maximum absolute atomic E-state index is 11.0. The van der Waals surface area contributed by atoms with E-state index in [4.69, 9.17) is 16.7 Å². The summed E-state index contributed by atoms with van der Waals surface area (Å²) in [6, 6.07) is 5.14. The molecule has 1 unspecified atom stereocenters. The van der Waals surface area contributed by atoms with Crippen molar-refractivity contribution in [1.82, 2.24) is 9.97 Å². The lowest BCUT2D eigenvalue weighted by molar-refractivity contribution is 0.0697. The molecule has 0 aliphatic carbocycles. The molecule has 0 radical (unpaired) electrons. The second-order valence-electron chi connectivity index (χ2n) is 4.01. The van der Waals surface area contributed by atoms with Crippen LogP contribution in [0.1, 0.15) is 28.9 Å². The highest BCUT2D eigenvalue weighted by atomic mass is 35.5. The second kappa shape index (κ2) is 5.67. The van der Waals surface area contributed by atoms with E-state index in [1.165, 1.54) is 12.3 Å². The van der Waals surface area contributed by atoms with Gasteiger partial charge in [0.1, 0.15) is 5.82 Å². The van der Waals surface area contributed by atoms with Crippen LogP contribution in [0.3, 0.4) is 0 Å². The van der Waals surface area contributed by atoms with Crippen molar-refractivity contribution in [3.8, 4) is 0 Å². The number of aromatic nitrogens is 2. The third-order valence-corrected chi connectivity index (χ3v) is 2.94. The topological polar surface area (TPSA) is 75.1 Å². The Morgan fingerprint density at radius 3 is 2.89 bits per heavy atom. The molecule has 0 saturated heterocycles. The maximum atomic E-state index is 11.0. The number of nitrogens with zero attached hydrogens (tertiary/aromatic N) is 2. The van der Waals surface area contributed by atoms with Crippen molar-refractivity contribution in [3.05, 3.63) is 52.9 Å². The average Bonchev–Trinajstić information content (AvgIpc) is 2.41. The number of rotatable bonds is 4. The molecule has 19 heavy (non-hydrogen) atoms. The van der Waals surface area contributed by atoms with Crippen LogP contribution in [0.25, 0.3) is 0 Å². The lowest BCUT2D eigenvalue weighted by Crippen LogP contribution is -2.09. The first kappa shape index (κ1) is 13.3. The highest BCUT2D eigenvalue weighted by Gasteiger charge is 2.12. The van der Waals surface area contributed by atoms with Gasteiger partial charge in [0.05, 0.1) is 16.6 Å². The van der Waals surface area contributed by atoms with Crippen molar-refractivity contribution in [2.75, 3.05) is 5.32 Å². The van der Waals surface area contributed by atoms with Gasteiger partial charge in [-0.15, -0.1) is 0 Å². The van der Waals surface area contributed by atoms with E-state index in [1.807, 2.05) is 19.1 Å². The summed E-state index contributed by atoms with van der Waals surface area (Å²) in [7, 11) is 0. The average molecular weight is 278 g/mol. The summed E-state index contributed by atoms with van der Waals surface area (Å²) in [4.78, 5) is 19.1. The minimum atomic E-state index is -1.08. The predicted molar refractivity (Wildman–Crippen MR) is 72.5 cm³/mol. The van der Waals surface area contributed by atoms with Gasteiger partial charge < -0.3 is 10.4 Å². The molecule has 6 heteroatoms. The van der Waals surface area contributed by atoms with E-state index in [-0.39, 0.29) is 16.6 Å². The van der Waals surface area contributed by atoms with E-state index in [9.17, 15) is 4.79 Å². The summed E-state index contributed by atoms with van der Waals surface area (Å²) in [5, 5.41) is 12.2. The minimum absolute atomic E-state index is 0.0255. The highest BCUT2D eigenvalue weighted by molar-refractivity contribution is 6.33. The Kier molecular flexibility index (Phi) is 3.97. The van der Waals surface area contributed by atoms with Crippen molar-refractivity contribution >= 4 is 23.4 Å². The maximum Gasteiger partial charge on any atom is 0.337 e. The SMILES string of the molecule is CC(Nc1cc(C(=O)O)c(Cl)cn1)c1cccnc1. The molecule has 0 fully saturated rings. The number of anilines is 1. The number of aromatic carboxylic acids is 1. The van der Waals surface area contributed by atoms with Gasteiger partial charge >= 0.3 is 5.97 Å². The van der Waals surface area contributed by atoms with Crippen molar-refractivity contribution < 1.29 is 9.90 Å². The number of carboxylic acid groups (broad SMARTS) is 1. The highest BCUT2D eigenvalue weighted by Crippen LogP contribution is 2.21. The lowest BCUT2D eigenvalue weighted by Gasteiger charge is -2.14. The number of nitrogens with one attached hydrogen (secondary N) is 1. The Bertz CT molecular complexity index is 590. The quantitative estimate of drug-likeness (QED) is 0.898. The van der Waals surface area contributed by atoms with Crippen LogP contribution in [0.5, 0.6) is 0 Å². The van der Waals surface area contributed by atoms with Crippen LogP contribution in [0, 0.1) is 0 Å². The summed E-state index contributed by atoms with van der Waals surface area (Å²) < 4.78 is 0. The third-order valence-electron chi connectivity index (χ3n) is 2.63. The molecule has 0 saturated carbocycles. The Morgan fingerprint density at radius 1 is 1.47 bits per heavy atom. The first-order chi connectivity index (χ1) is 9.08. The largest absolute Gasteiger partial charge is 0.478 e. The zero-order valence-electron chi connectivity index (χ0n) is 10.2. The molecular formula is C13H12ClN3O2.